The van der Waals surface area contributed by atoms with Crippen molar-refractivity contribution in [2.24, 2.45) is 0 Å². The summed E-state index contributed by atoms with van der Waals surface area (Å²) >= 11 is 13.7. The molecule has 1 aromatic heterocycles. The Morgan fingerprint density at radius 2 is 1.89 bits per heavy atom. The Balaban J connectivity index is 2.15. The van der Waals surface area contributed by atoms with Crippen LogP contribution in [0.2, 0.25) is 10.0 Å². The zero-order valence-electron chi connectivity index (χ0n) is 9.96. The van der Waals surface area contributed by atoms with Crippen molar-refractivity contribution in [2.45, 2.75) is 20.5 Å². The predicted molar refractivity (Wildman–Crippen MR) is 76.8 cm³/mol. The number of rotatable bonds is 3. The van der Waals surface area contributed by atoms with Crippen LogP contribution < -0.4 is 10.5 Å². The fourth-order valence-electron chi connectivity index (χ4n) is 1.45. The van der Waals surface area contributed by atoms with Crippen molar-refractivity contribution in [1.29, 1.82) is 0 Å². The molecule has 0 aliphatic rings. The summed E-state index contributed by atoms with van der Waals surface area (Å²) in [6.07, 6.45) is 0. The van der Waals surface area contributed by atoms with E-state index >= 15 is 0 Å². The van der Waals surface area contributed by atoms with Crippen LogP contribution in [-0.4, -0.2) is 4.98 Å². The number of aryl methyl sites for hydroxylation is 2. The Hall–Kier alpha value is -0.970. The Kier molecular flexibility index (Phi) is 4.00. The summed E-state index contributed by atoms with van der Waals surface area (Å²) in [5.41, 5.74) is 7.16. The maximum atomic E-state index is 6.03. The van der Waals surface area contributed by atoms with Crippen molar-refractivity contribution in [1.82, 2.24) is 4.98 Å². The van der Waals surface area contributed by atoms with Crippen LogP contribution in [-0.2, 0) is 6.61 Å². The number of nitrogen functional groups attached to an aromatic ring is 1. The zero-order chi connectivity index (χ0) is 13.3. The number of hydrogen-bond donors (Lipinski definition) is 1. The van der Waals surface area contributed by atoms with Gasteiger partial charge < -0.3 is 10.5 Å². The summed E-state index contributed by atoms with van der Waals surface area (Å²) in [5.74, 6) is 0.443. The van der Waals surface area contributed by atoms with Crippen LogP contribution in [0.4, 0.5) is 5.69 Å². The Bertz CT molecular complexity index is 541. The summed E-state index contributed by atoms with van der Waals surface area (Å²) in [4.78, 5) is 5.57. The number of aromatic nitrogens is 1. The normalized spacial score (nSPS) is 10.7. The van der Waals surface area contributed by atoms with E-state index in [2.05, 4.69) is 4.98 Å². The van der Waals surface area contributed by atoms with Crippen molar-refractivity contribution in [3.8, 4) is 5.75 Å². The molecule has 1 aromatic carbocycles. The summed E-state index contributed by atoms with van der Waals surface area (Å²) in [5, 5.41) is 1.71. The summed E-state index contributed by atoms with van der Waals surface area (Å²) < 4.78 is 5.61. The minimum Gasteiger partial charge on any atom is -0.483 e. The monoisotopic (exact) mass is 302 g/mol. The van der Waals surface area contributed by atoms with E-state index in [4.69, 9.17) is 33.7 Å². The lowest BCUT2D eigenvalue weighted by Gasteiger charge is -2.09. The molecule has 0 saturated carbocycles. The van der Waals surface area contributed by atoms with Crippen LogP contribution in [0, 0.1) is 13.8 Å². The van der Waals surface area contributed by atoms with Gasteiger partial charge in [0.05, 0.1) is 15.7 Å². The van der Waals surface area contributed by atoms with Gasteiger partial charge in [0.2, 0.25) is 0 Å². The molecule has 3 nitrogen and oxygen atoms in total. The van der Waals surface area contributed by atoms with Crippen LogP contribution in [0.25, 0.3) is 0 Å². The first-order valence-electron chi connectivity index (χ1n) is 5.27. The zero-order valence-corrected chi connectivity index (χ0v) is 12.3. The molecule has 0 aliphatic carbocycles. The van der Waals surface area contributed by atoms with Gasteiger partial charge in [-0.15, -0.1) is 11.3 Å². The van der Waals surface area contributed by atoms with Crippen molar-refractivity contribution in [2.75, 3.05) is 5.73 Å². The van der Waals surface area contributed by atoms with Gasteiger partial charge in [-0.05, 0) is 26.0 Å². The molecule has 0 saturated heterocycles. The highest BCUT2D eigenvalue weighted by molar-refractivity contribution is 7.11. The van der Waals surface area contributed by atoms with Crippen LogP contribution in [0.3, 0.4) is 0 Å². The van der Waals surface area contributed by atoms with Crippen molar-refractivity contribution in [3.63, 3.8) is 0 Å². The smallest absolute Gasteiger partial charge is 0.157 e. The van der Waals surface area contributed by atoms with E-state index in [1.807, 2.05) is 13.8 Å². The van der Waals surface area contributed by atoms with Gasteiger partial charge >= 0.3 is 0 Å². The molecule has 2 N–H and O–H groups in total. The third-order valence-electron chi connectivity index (χ3n) is 2.43. The molecule has 0 unspecified atom stereocenters. The van der Waals surface area contributed by atoms with E-state index in [-0.39, 0.29) is 0 Å². The van der Waals surface area contributed by atoms with Crippen LogP contribution in [0.1, 0.15) is 15.6 Å². The molecule has 2 aromatic rings. The van der Waals surface area contributed by atoms with Crippen molar-refractivity contribution < 1.29 is 4.74 Å². The molecule has 0 bridgehead atoms. The van der Waals surface area contributed by atoms with E-state index in [0.29, 0.717) is 28.1 Å². The van der Waals surface area contributed by atoms with Crippen LogP contribution in [0.5, 0.6) is 5.75 Å². The first-order chi connectivity index (χ1) is 8.47. The highest BCUT2D eigenvalue weighted by Gasteiger charge is 2.10. The average molecular weight is 303 g/mol. The molecule has 6 heteroatoms. The summed E-state index contributed by atoms with van der Waals surface area (Å²) in [6, 6.07) is 3.22. The summed E-state index contributed by atoms with van der Waals surface area (Å²) in [7, 11) is 0. The maximum Gasteiger partial charge on any atom is 0.157 e. The van der Waals surface area contributed by atoms with Gasteiger partial charge in [0.25, 0.3) is 0 Å². The number of nitrogens with zero attached hydrogens (tertiary/aromatic N) is 1. The topological polar surface area (TPSA) is 48.1 Å². The minimum absolute atomic E-state index is 0.350. The average Bonchev–Trinajstić information content (AvgIpc) is 2.56. The van der Waals surface area contributed by atoms with Crippen molar-refractivity contribution >= 4 is 40.2 Å². The van der Waals surface area contributed by atoms with E-state index in [1.165, 1.54) is 4.88 Å². The maximum absolute atomic E-state index is 6.03. The van der Waals surface area contributed by atoms with Gasteiger partial charge in [0.15, 0.2) is 5.75 Å². The van der Waals surface area contributed by atoms with Gasteiger partial charge in [0.1, 0.15) is 11.6 Å². The largest absolute Gasteiger partial charge is 0.483 e. The first kappa shape index (κ1) is 13.5. The van der Waals surface area contributed by atoms with Crippen molar-refractivity contribution in [3.05, 3.63) is 37.8 Å². The SMILES string of the molecule is Cc1nc(COc2c(Cl)cc(N)cc2Cl)sc1C. The van der Waals surface area contributed by atoms with E-state index in [9.17, 15) is 0 Å². The molecule has 0 amide bonds. The number of benzene rings is 1. The highest BCUT2D eigenvalue weighted by Crippen LogP contribution is 2.35. The number of ether oxygens (including phenoxy) is 1. The van der Waals surface area contributed by atoms with Gasteiger partial charge in [-0.3, -0.25) is 0 Å². The second-order valence-corrected chi connectivity index (χ2v) is 5.95. The van der Waals surface area contributed by atoms with Gasteiger partial charge in [0, 0.05) is 10.6 Å². The molecule has 0 spiro atoms. The quantitative estimate of drug-likeness (QED) is 0.863. The fraction of sp³-hybridized carbons (Fsp3) is 0.250. The number of hydrogen-bond acceptors (Lipinski definition) is 4. The molecule has 0 atom stereocenters. The second kappa shape index (κ2) is 5.34. The third-order valence-corrected chi connectivity index (χ3v) is 4.04. The lowest BCUT2D eigenvalue weighted by molar-refractivity contribution is 0.306. The number of nitrogens with two attached hydrogens (primary N) is 1. The Labute approximate surface area is 120 Å². The molecule has 18 heavy (non-hydrogen) atoms. The standard InChI is InChI=1S/C12H12Cl2N2OS/c1-6-7(2)18-11(16-6)5-17-12-9(13)3-8(15)4-10(12)14/h3-4H,5,15H2,1-2H3. The summed E-state index contributed by atoms with van der Waals surface area (Å²) in [6.45, 7) is 4.35. The molecule has 2 rings (SSSR count). The lowest BCUT2D eigenvalue weighted by Crippen LogP contribution is -1.97. The first-order valence-corrected chi connectivity index (χ1v) is 6.85. The second-order valence-electron chi connectivity index (χ2n) is 3.85. The molecule has 0 aliphatic heterocycles. The molecular formula is C12H12Cl2N2OS. The van der Waals surface area contributed by atoms with E-state index < -0.39 is 0 Å². The molecule has 1 heterocycles. The van der Waals surface area contributed by atoms with Gasteiger partial charge in [-0.1, -0.05) is 23.2 Å². The van der Waals surface area contributed by atoms with Crippen LogP contribution in [0.15, 0.2) is 12.1 Å². The van der Waals surface area contributed by atoms with Gasteiger partial charge in [-0.2, -0.15) is 0 Å². The van der Waals surface area contributed by atoms with Gasteiger partial charge in [-0.25, -0.2) is 4.98 Å². The predicted octanol–water partition coefficient (Wildman–Crippen LogP) is 4.23. The van der Waals surface area contributed by atoms with Crippen LogP contribution >= 0.6 is 34.5 Å². The number of anilines is 1. The minimum atomic E-state index is 0.350. The highest BCUT2D eigenvalue weighted by atomic mass is 35.5. The molecule has 0 fully saturated rings. The Morgan fingerprint density at radius 1 is 1.28 bits per heavy atom. The third kappa shape index (κ3) is 2.88. The van der Waals surface area contributed by atoms with E-state index in [0.717, 1.165) is 10.7 Å². The number of halogens is 2. The molecule has 0 radical (unpaired) electrons. The van der Waals surface area contributed by atoms with E-state index in [1.54, 1.807) is 23.5 Å². The number of thiazole rings is 1. The fourth-order valence-corrected chi connectivity index (χ4v) is 2.91. The lowest BCUT2D eigenvalue weighted by atomic mass is 10.3. The molecule has 96 valence electrons. The Morgan fingerprint density at radius 3 is 2.39 bits per heavy atom. The molecular weight excluding hydrogens is 291 g/mol.